The van der Waals surface area contributed by atoms with Gasteiger partial charge in [0, 0.05) is 12.1 Å². The number of anilines is 1. The highest BCUT2D eigenvalue weighted by Crippen LogP contribution is 2.25. The van der Waals surface area contributed by atoms with Gasteiger partial charge in [-0.05, 0) is 25.5 Å². The maximum absolute atomic E-state index is 11.6. The predicted molar refractivity (Wildman–Crippen MR) is 56.6 cm³/mol. The lowest BCUT2D eigenvalue weighted by molar-refractivity contribution is -0.117. The van der Waals surface area contributed by atoms with E-state index in [9.17, 15) is 4.79 Å². The van der Waals surface area contributed by atoms with Gasteiger partial charge in [0.2, 0.25) is 5.91 Å². The predicted octanol–water partition coefficient (Wildman–Crippen LogP) is 0.878. The van der Waals surface area contributed by atoms with Crippen LogP contribution < -0.4 is 4.90 Å². The molecular formula is C11H14N2O2. The maximum Gasteiger partial charge on any atom is 0.227 e. The maximum atomic E-state index is 11.6. The van der Waals surface area contributed by atoms with Crippen LogP contribution in [0.5, 0.6) is 0 Å². The van der Waals surface area contributed by atoms with Gasteiger partial charge < -0.3 is 10.0 Å². The fourth-order valence-corrected chi connectivity index (χ4v) is 1.87. The molecule has 1 fully saturated rings. The molecule has 2 heterocycles. The van der Waals surface area contributed by atoms with Crippen molar-refractivity contribution in [3.63, 3.8) is 0 Å². The smallest absolute Gasteiger partial charge is 0.227 e. The molecule has 2 rings (SSSR count). The molecule has 0 bridgehead atoms. The summed E-state index contributed by atoms with van der Waals surface area (Å²) in [5.41, 5.74) is 1.70. The van der Waals surface area contributed by atoms with Crippen LogP contribution in [0.15, 0.2) is 18.3 Å². The van der Waals surface area contributed by atoms with Gasteiger partial charge in [-0.3, -0.25) is 9.78 Å². The second-order valence-electron chi connectivity index (χ2n) is 3.80. The van der Waals surface area contributed by atoms with Crippen molar-refractivity contribution in [3.05, 3.63) is 24.0 Å². The van der Waals surface area contributed by atoms with Crippen molar-refractivity contribution in [1.29, 1.82) is 0 Å². The summed E-state index contributed by atoms with van der Waals surface area (Å²) in [4.78, 5) is 17.4. The Balaban J connectivity index is 2.28. The van der Waals surface area contributed by atoms with Crippen molar-refractivity contribution in [2.24, 2.45) is 0 Å². The molecule has 1 aliphatic heterocycles. The summed E-state index contributed by atoms with van der Waals surface area (Å²) < 4.78 is 0. The van der Waals surface area contributed by atoms with E-state index in [1.807, 2.05) is 19.1 Å². The van der Waals surface area contributed by atoms with E-state index in [-0.39, 0.29) is 18.6 Å². The number of pyridine rings is 1. The third-order valence-corrected chi connectivity index (χ3v) is 2.71. The van der Waals surface area contributed by atoms with Crippen LogP contribution in [-0.2, 0) is 4.79 Å². The monoisotopic (exact) mass is 206 g/mol. The Labute approximate surface area is 88.6 Å². The summed E-state index contributed by atoms with van der Waals surface area (Å²) >= 11 is 0. The molecule has 1 amide bonds. The second kappa shape index (κ2) is 3.98. The number of aliphatic hydroxyl groups excluding tert-OH is 1. The van der Waals surface area contributed by atoms with Crippen LogP contribution in [0.1, 0.15) is 18.5 Å². The molecule has 0 aliphatic carbocycles. The quantitative estimate of drug-likeness (QED) is 0.781. The molecular weight excluding hydrogens is 192 g/mol. The highest BCUT2D eigenvalue weighted by molar-refractivity contribution is 5.96. The van der Waals surface area contributed by atoms with Gasteiger partial charge in [0.25, 0.3) is 0 Å². The topological polar surface area (TPSA) is 53.4 Å². The van der Waals surface area contributed by atoms with Crippen LogP contribution in [0.25, 0.3) is 0 Å². The fourth-order valence-electron chi connectivity index (χ4n) is 1.87. The fraction of sp³-hybridized carbons (Fsp3) is 0.455. The largest absolute Gasteiger partial charge is 0.394 e. The number of amides is 1. The molecule has 80 valence electrons. The minimum atomic E-state index is -0.0815. The zero-order valence-corrected chi connectivity index (χ0v) is 8.68. The summed E-state index contributed by atoms with van der Waals surface area (Å²) in [5.74, 6) is 0.0692. The average molecular weight is 206 g/mol. The van der Waals surface area contributed by atoms with E-state index < -0.39 is 0 Å². The number of nitrogens with zero attached hydrogens (tertiary/aromatic N) is 2. The minimum Gasteiger partial charge on any atom is -0.394 e. The van der Waals surface area contributed by atoms with Crippen LogP contribution in [0.2, 0.25) is 0 Å². The van der Waals surface area contributed by atoms with Crippen molar-refractivity contribution in [3.8, 4) is 0 Å². The zero-order chi connectivity index (χ0) is 10.8. The average Bonchev–Trinajstić information content (AvgIpc) is 2.61. The van der Waals surface area contributed by atoms with Crippen molar-refractivity contribution < 1.29 is 9.90 Å². The number of aryl methyl sites for hydroxylation is 1. The van der Waals surface area contributed by atoms with Gasteiger partial charge >= 0.3 is 0 Å². The van der Waals surface area contributed by atoms with E-state index in [4.69, 9.17) is 5.11 Å². The first-order valence-electron chi connectivity index (χ1n) is 5.08. The molecule has 1 aliphatic rings. The van der Waals surface area contributed by atoms with Crippen molar-refractivity contribution in [1.82, 2.24) is 4.98 Å². The van der Waals surface area contributed by atoms with Gasteiger partial charge in [0.1, 0.15) is 0 Å². The number of carbonyl (C=O) groups is 1. The second-order valence-corrected chi connectivity index (χ2v) is 3.80. The van der Waals surface area contributed by atoms with Gasteiger partial charge in [-0.1, -0.05) is 0 Å². The number of hydrogen-bond acceptors (Lipinski definition) is 3. The zero-order valence-electron chi connectivity index (χ0n) is 8.68. The highest BCUT2D eigenvalue weighted by Gasteiger charge is 2.31. The Hall–Kier alpha value is -1.42. The Bertz CT molecular complexity index is 361. The summed E-state index contributed by atoms with van der Waals surface area (Å²) in [5, 5.41) is 9.16. The van der Waals surface area contributed by atoms with Gasteiger partial charge in [0.05, 0.1) is 24.5 Å². The first kappa shape index (κ1) is 10.1. The highest BCUT2D eigenvalue weighted by atomic mass is 16.3. The molecule has 4 nitrogen and oxygen atoms in total. The summed E-state index contributed by atoms with van der Waals surface area (Å²) in [6.07, 6.45) is 2.92. The van der Waals surface area contributed by atoms with Gasteiger partial charge in [-0.15, -0.1) is 0 Å². The molecule has 1 aromatic heterocycles. The van der Waals surface area contributed by atoms with E-state index in [2.05, 4.69) is 4.98 Å². The number of hydrogen-bond donors (Lipinski definition) is 1. The molecule has 1 atom stereocenters. The molecule has 0 spiro atoms. The van der Waals surface area contributed by atoms with Gasteiger partial charge in [-0.25, -0.2) is 0 Å². The Morgan fingerprint density at radius 1 is 1.60 bits per heavy atom. The van der Waals surface area contributed by atoms with Gasteiger partial charge in [-0.2, -0.15) is 0 Å². The molecule has 4 heteroatoms. The third-order valence-electron chi connectivity index (χ3n) is 2.71. The first-order valence-corrected chi connectivity index (χ1v) is 5.08. The van der Waals surface area contributed by atoms with E-state index in [0.29, 0.717) is 6.42 Å². The van der Waals surface area contributed by atoms with Crippen molar-refractivity contribution in [2.75, 3.05) is 11.5 Å². The van der Waals surface area contributed by atoms with Gasteiger partial charge in [0.15, 0.2) is 0 Å². The third kappa shape index (κ3) is 1.85. The van der Waals surface area contributed by atoms with Crippen molar-refractivity contribution >= 4 is 11.6 Å². The molecule has 15 heavy (non-hydrogen) atoms. The lowest BCUT2D eigenvalue weighted by Crippen LogP contribution is -2.35. The van der Waals surface area contributed by atoms with E-state index in [1.54, 1.807) is 11.1 Å². The SMILES string of the molecule is Cc1ccc(N2C(=O)CCC2CO)cn1. The molecule has 1 unspecified atom stereocenters. The molecule has 0 aromatic carbocycles. The summed E-state index contributed by atoms with van der Waals surface area (Å²) in [7, 11) is 0. The molecule has 1 aromatic rings. The van der Waals surface area contributed by atoms with Crippen LogP contribution in [0, 0.1) is 6.92 Å². The Morgan fingerprint density at radius 3 is 3.00 bits per heavy atom. The Kier molecular flexibility index (Phi) is 2.68. The van der Waals surface area contributed by atoms with Crippen LogP contribution >= 0.6 is 0 Å². The van der Waals surface area contributed by atoms with E-state index in [0.717, 1.165) is 17.8 Å². The molecule has 1 saturated heterocycles. The van der Waals surface area contributed by atoms with Crippen molar-refractivity contribution in [2.45, 2.75) is 25.8 Å². The van der Waals surface area contributed by atoms with E-state index in [1.165, 1.54) is 0 Å². The number of aromatic nitrogens is 1. The first-order chi connectivity index (χ1) is 7.22. The molecule has 0 saturated carbocycles. The van der Waals surface area contributed by atoms with Crippen LogP contribution in [0.3, 0.4) is 0 Å². The lowest BCUT2D eigenvalue weighted by atomic mass is 10.2. The Morgan fingerprint density at radius 2 is 2.40 bits per heavy atom. The summed E-state index contributed by atoms with van der Waals surface area (Å²) in [6, 6.07) is 3.66. The number of aliphatic hydroxyl groups is 1. The van der Waals surface area contributed by atoms with Crippen LogP contribution in [-0.4, -0.2) is 28.6 Å². The number of rotatable bonds is 2. The van der Waals surface area contributed by atoms with E-state index >= 15 is 0 Å². The minimum absolute atomic E-state index is 0.0135. The van der Waals surface area contributed by atoms with Crippen LogP contribution in [0.4, 0.5) is 5.69 Å². The normalized spacial score (nSPS) is 21.1. The number of carbonyl (C=O) groups excluding carboxylic acids is 1. The molecule has 0 radical (unpaired) electrons. The molecule has 1 N–H and O–H groups in total. The lowest BCUT2D eigenvalue weighted by Gasteiger charge is -2.22. The summed E-state index contributed by atoms with van der Waals surface area (Å²) in [6.45, 7) is 1.92. The standard InChI is InChI=1S/C11H14N2O2/c1-8-2-3-9(6-12-8)13-10(7-14)4-5-11(13)15/h2-3,6,10,14H,4-5,7H2,1H3.